The second-order valence-electron chi connectivity index (χ2n) is 4.46. The van der Waals surface area contributed by atoms with Gasteiger partial charge in [0.05, 0.1) is 0 Å². The van der Waals surface area contributed by atoms with Crippen molar-refractivity contribution in [3.63, 3.8) is 0 Å². The van der Waals surface area contributed by atoms with Crippen LogP contribution in [0.25, 0.3) is 0 Å². The van der Waals surface area contributed by atoms with Crippen molar-refractivity contribution in [1.29, 1.82) is 0 Å². The van der Waals surface area contributed by atoms with Crippen LogP contribution in [0.1, 0.15) is 43.9 Å². The summed E-state index contributed by atoms with van der Waals surface area (Å²) in [4.78, 5) is 14.9. The lowest BCUT2D eigenvalue weighted by Crippen LogP contribution is -2.36. The number of alkyl halides is 3. The monoisotopic (exact) mass is 274 g/mol. The zero-order valence-electron chi connectivity index (χ0n) is 10.9. The summed E-state index contributed by atoms with van der Waals surface area (Å²) >= 11 is 0. The Morgan fingerprint density at radius 1 is 1.47 bits per heavy atom. The summed E-state index contributed by atoms with van der Waals surface area (Å²) in [7, 11) is 0. The van der Waals surface area contributed by atoms with E-state index in [1.54, 1.807) is 18.3 Å². The lowest BCUT2D eigenvalue weighted by atomic mass is 10.0. The van der Waals surface area contributed by atoms with E-state index in [2.05, 4.69) is 11.9 Å². The van der Waals surface area contributed by atoms with Gasteiger partial charge in [0.15, 0.2) is 0 Å². The molecule has 1 aromatic rings. The third-order valence-corrected chi connectivity index (χ3v) is 2.78. The molecule has 0 radical (unpaired) electrons. The number of amides is 1. The van der Waals surface area contributed by atoms with Crippen molar-refractivity contribution in [1.82, 2.24) is 10.3 Å². The quantitative estimate of drug-likeness (QED) is 0.896. The highest BCUT2D eigenvalue weighted by molar-refractivity contribution is 5.81. The van der Waals surface area contributed by atoms with Crippen LogP contribution in [0.2, 0.25) is 0 Å². The van der Waals surface area contributed by atoms with Crippen molar-refractivity contribution in [3.05, 3.63) is 29.6 Å². The number of aromatic nitrogens is 1. The van der Waals surface area contributed by atoms with Crippen molar-refractivity contribution < 1.29 is 18.0 Å². The average Bonchev–Trinajstić information content (AvgIpc) is 2.35. The molecule has 1 amide bonds. The first-order valence-corrected chi connectivity index (χ1v) is 6.14. The second kappa shape index (κ2) is 6.54. The second-order valence-corrected chi connectivity index (χ2v) is 4.46. The topological polar surface area (TPSA) is 42.0 Å². The SMILES string of the molecule is CCCC(C)c1cc(CNC(=O)C(F)(F)F)ccn1. The summed E-state index contributed by atoms with van der Waals surface area (Å²) in [6.07, 6.45) is -1.31. The Hall–Kier alpha value is -1.59. The molecule has 0 bridgehead atoms. The van der Waals surface area contributed by atoms with Gasteiger partial charge in [0.1, 0.15) is 0 Å². The fourth-order valence-electron chi connectivity index (χ4n) is 1.74. The molecule has 0 aliphatic rings. The highest BCUT2D eigenvalue weighted by Crippen LogP contribution is 2.19. The molecule has 0 aliphatic carbocycles. The zero-order chi connectivity index (χ0) is 14.5. The molecule has 0 spiro atoms. The number of halogens is 3. The number of carbonyl (C=O) groups is 1. The van der Waals surface area contributed by atoms with Gasteiger partial charge in [0, 0.05) is 18.4 Å². The van der Waals surface area contributed by atoms with Crippen molar-refractivity contribution in [2.24, 2.45) is 0 Å². The van der Waals surface area contributed by atoms with E-state index in [4.69, 9.17) is 0 Å². The minimum atomic E-state index is -4.84. The van der Waals surface area contributed by atoms with Crippen LogP contribution in [-0.2, 0) is 11.3 Å². The lowest BCUT2D eigenvalue weighted by Gasteiger charge is -2.12. The van der Waals surface area contributed by atoms with Gasteiger partial charge in [0.2, 0.25) is 0 Å². The number of hydrogen-bond acceptors (Lipinski definition) is 2. The van der Waals surface area contributed by atoms with E-state index in [1.165, 1.54) is 0 Å². The highest BCUT2D eigenvalue weighted by Gasteiger charge is 2.38. The molecule has 1 unspecified atom stereocenters. The summed E-state index contributed by atoms with van der Waals surface area (Å²) in [6.45, 7) is 3.93. The molecular weight excluding hydrogens is 257 g/mol. The van der Waals surface area contributed by atoms with E-state index in [9.17, 15) is 18.0 Å². The van der Waals surface area contributed by atoms with Crippen LogP contribution in [0.4, 0.5) is 13.2 Å². The van der Waals surface area contributed by atoms with Crippen LogP contribution < -0.4 is 5.32 Å². The van der Waals surface area contributed by atoms with E-state index in [-0.39, 0.29) is 12.5 Å². The van der Waals surface area contributed by atoms with Gasteiger partial charge in [-0.05, 0) is 30.0 Å². The van der Waals surface area contributed by atoms with Crippen LogP contribution in [0.3, 0.4) is 0 Å². The fourth-order valence-corrected chi connectivity index (χ4v) is 1.74. The molecule has 1 heterocycles. The maximum atomic E-state index is 12.0. The summed E-state index contributed by atoms with van der Waals surface area (Å²) in [5.41, 5.74) is 1.45. The van der Waals surface area contributed by atoms with Crippen LogP contribution in [0.5, 0.6) is 0 Å². The van der Waals surface area contributed by atoms with Crippen molar-refractivity contribution in [2.45, 2.75) is 45.3 Å². The Morgan fingerprint density at radius 3 is 2.74 bits per heavy atom. The van der Waals surface area contributed by atoms with E-state index < -0.39 is 12.1 Å². The van der Waals surface area contributed by atoms with Crippen LogP contribution in [0, 0.1) is 0 Å². The first-order chi connectivity index (χ1) is 8.84. The van der Waals surface area contributed by atoms with Gasteiger partial charge in [0.25, 0.3) is 0 Å². The Kier molecular flexibility index (Phi) is 5.32. The predicted molar refractivity (Wildman–Crippen MR) is 65.5 cm³/mol. The molecule has 0 aromatic carbocycles. The number of nitrogens with zero attached hydrogens (tertiary/aromatic N) is 1. The third-order valence-electron chi connectivity index (χ3n) is 2.78. The molecule has 3 nitrogen and oxygen atoms in total. The Labute approximate surface area is 110 Å². The molecule has 0 fully saturated rings. The Balaban J connectivity index is 2.65. The molecule has 0 saturated heterocycles. The molecule has 1 rings (SSSR count). The van der Waals surface area contributed by atoms with Gasteiger partial charge in [-0.1, -0.05) is 20.3 Å². The maximum Gasteiger partial charge on any atom is 0.471 e. The van der Waals surface area contributed by atoms with Crippen LogP contribution >= 0.6 is 0 Å². The van der Waals surface area contributed by atoms with Crippen molar-refractivity contribution in [2.75, 3.05) is 0 Å². The number of carbonyl (C=O) groups excluding carboxylic acids is 1. The highest BCUT2D eigenvalue weighted by atomic mass is 19.4. The van der Waals surface area contributed by atoms with E-state index >= 15 is 0 Å². The molecule has 106 valence electrons. The minimum absolute atomic E-state index is 0.146. The van der Waals surface area contributed by atoms with Gasteiger partial charge < -0.3 is 5.32 Å². The summed E-state index contributed by atoms with van der Waals surface area (Å²) in [6, 6.07) is 3.33. The normalized spacial score (nSPS) is 13.1. The largest absolute Gasteiger partial charge is 0.471 e. The molecule has 1 atom stereocenters. The Bertz CT molecular complexity index is 432. The predicted octanol–water partition coefficient (Wildman–Crippen LogP) is 3.16. The standard InChI is InChI=1S/C13H17F3N2O/c1-3-4-9(2)11-7-10(5-6-17-11)8-18-12(19)13(14,15)16/h5-7,9H,3-4,8H2,1-2H3,(H,18,19). The summed E-state index contributed by atoms with van der Waals surface area (Å²) in [5, 5.41) is 1.85. The molecule has 1 aromatic heterocycles. The van der Waals surface area contributed by atoms with E-state index in [0.717, 1.165) is 18.5 Å². The van der Waals surface area contributed by atoms with Gasteiger partial charge in [-0.15, -0.1) is 0 Å². The fraction of sp³-hybridized carbons (Fsp3) is 0.538. The first kappa shape index (κ1) is 15.5. The molecule has 6 heteroatoms. The van der Waals surface area contributed by atoms with Crippen molar-refractivity contribution >= 4 is 5.91 Å². The first-order valence-electron chi connectivity index (χ1n) is 6.14. The molecule has 19 heavy (non-hydrogen) atoms. The number of nitrogens with one attached hydrogen (secondary N) is 1. The van der Waals surface area contributed by atoms with E-state index in [0.29, 0.717) is 5.56 Å². The van der Waals surface area contributed by atoms with Crippen LogP contribution in [-0.4, -0.2) is 17.1 Å². The lowest BCUT2D eigenvalue weighted by molar-refractivity contribution is -0.173. The van der Waals surface area contributed by atoms with Gasteiger partial charge in [-0.25, -0.2) is 0 Å². The smallest absolute Gasteiger partial charge is 0.344 e. The molecule has 0 aliphatic heterocycles. The van der Waals surface area contributed by atoms with Gasteiger partial charge in [-0.3, -0.25) is 9.78 Å². The maximum absolute atomic E-state index is 12.0. The molecular formula is C13H17F3N2O. The zero-order valence-corrected chi connectivity index (χ0v) is 10.9. The van der Waals surface area contributed by atoms with Gasteiger partial charge >= 0.3 is 12.1 Å². The molecule has 0 saturated carbocycles. The average molecular weight is 274 g/mol. The molecule has 1 N–H and O–H groups in total. The van der Waals surface area contributed by atoms with Crippen molar-refractivity contribution in [3.8, 4) is 0 Å². The minimum Gasteiger partial charge on any atom is -0.344 e. The van der Waals surface area contributed by atoms with Crippen LogP contribution in [0.15, 0.2) is 18.3 Å². The van der Waals surface area contributed by atoms with Gasteiger partial charge in [-0.2, -0.15) is 13.2 Å². The van der Waals surface area contributed by atoms with E-state index in [1.807, 2.05) is 12.2 Å². The number of rotatable bonds is 5. The Morgan fingerprint density at radius 2 is 2.16 bits per heavy atom. The number of hydrogen-bond donors (Lipinski definition) is 1. The number of pyridine rings is 1. The third kappa shape index (κ3) is 4.89. The summed E-state index contributed by atoms with van der Waals surface area (Å²) in [5.74, 6) is -1.67. The summed E-state index contributed by atoms with van der Waals surface area (Å²) < 4.78 is 36.1.